The highest BCUT2D eigenvalue weighted by Gasteiger charge is 2.06. The van der Waals surface area contributed by atoms with Gasteiger partial charge in [0.2, 0.25) is 0 Å². The summed E-state index contributed by atoms with van der Waals surface area (Å²) in [6.07, 6.45) is 1.75. The van der Waals surface area contributed by atoms with Crippen LogP contribution in [0.4, 0.5) is 0 Å². The van der Waals surface area contributed by atoms with Crippen molar-refractivity contribution in [2.75, 3.05) is 32.8 Å². The normalized spacial score (nSPS) is 10.8. The van der Waals surface area contributed by atoms with Crippen LogP contribution in [0.1, 0.15) is 25.3 Å². The molecular formula is C15H24N2O2S. The highest BCUT2D eigenvalue weighted by Crippen LogP contribution is 2.17. The number of thiocarbonyl (C=S) groups is 1. The minimum absolute atomic E-state index is 0.244. The van der Waals surface area contributed by atoms with Crippen molar-refractivity contribution in [2.45, 2.75) is 19.8 Å². The predicted molar refractivity (Wildman–Crippen MR) is 86.3 cm³/mol. The minimum Gasteiger partial charge on any atom is -0.493 e. The third-order valence-corrected chi connectivity index (χ3v) is 3.33. The van der Waals surface area contributed by atoms with Crippen molar-refractivity contribution in [3.63, 3.8) is 0 Å². The molecule has 4 nitrogen and oxygen atoms in total. The Morgan fingerprint density at radius 3 is 2.65 bits per heavy atom. The standard InChI is InChI=1S/C15H24N2O2S/c1-2-17(9-5-11-18)10-6-12-19-14-8-4-3-7-13(14)15(16)20/h3-4,7-8,18H,2,5-6,9-12H2,1H3,(H2,16,20). The first-order valence-electron chi connectivity index (χ1n) is 7.03. The Kier molecular flexibility index (Phi) is 8.18. The molecule has 0 aliphatic heterocycles. The van der Waals surface area contributed by atoms with Crippen LogP contribution < -0.4 is 10.5 Å². The van der Waals surface area contributed by atoms with Gasteiger partial charge in [0.1, 0.15) is 10.7 Å². The first-order chi connectivity index (χ1) is 9.69. The van der Waals surface area contributed by atoms with E-state index in [1.54, 1.807) is 0 Å². The molecule has 0 amide bonds. The number of nitrogens with zero attached hydrogens (tertiary/aromatic N) is 1. The lowest BCUT2D eigenvalue weighted by Gasteiger charge is -2.20. The summed E-state index contributed by atoms with van der Waals surface area (Å²) in [5.41, 5.74) is 6.45. The zero-order valence-corrected chi connectivity index (χ0v) is 12.9. The van der Waals surface area contributed by atoms with Crippen molar-refractivity contribution in [3.8, 4) is 5.75 Å². The molecule has 0 radical (unpaired) electrons. The lowest BCUT2D eigenvalue weighted by Crippen LogP contribution is -2.27. The Balaban J connectivity index is 2.35. The van der Waals surface area contributed by atoms with Gasteiger partial charge in [0.05, 0.1) is 12.2 Å². The fourth-order valence-electron chi connectivity index (χ4n) is 1.99. The molecular weight excluding hydrogens is 272 g/mol. The lowest BCUT2D eigenvalue weighted by molar-refractivity contribution is 0.213. The van der Waals surface area contributed by atoms with Crippen molar-refractivity contribution in [1.29, 1.82) is 0 Å². The average molecular weight is 296 g/mol. The van der Waals surface area contributed by atoms with Crippen LogP contribution in [0.15, 0.2) is 24.3 Å². The summed E-state index contributed by atoms with van der Waals surface area (Å²) in [5, 5.41) is 8.84. The van der Waals surface area contributed by atoms with Crippen molar-refractivity contribution in [1.82, 2.24) is 4.90 Å². The molecule has 0 spiro atoms. The number of nitrogens with two attached hydrogens (primary N) is 1. The molecule has 1 rings (SSSR count). The van der Waals surface area contributed by atoms with Crippen LogP contribution in [-0.2, 0) is 0 Å². The van der Waals surface area contributed by atoms with E-state index in [2.05, 4.69) is 11.8 Å². The minimum atomic E-state index is 0.244. The quantitative estimate of drug-likeness (QED) is 0.509. The topological polar surface area (TPSA) is 58.7 Å². The average Bonchev–Trinajstić information content (AvgIpc) is 2.46. The summed E-state index contributed by atoms with van der Waals surface area (Å²) in [6, 6.07) is 7.57. The van der Waals surface area contributed by atoms with Gasteiger partial charge in [-0.2, -0.15) is 0 Å². The molecule has 0 atom stereocenters. The summed E-state index contributed by atoms with van der Waals surface area (Å²) >= 11 is 5.00. The molecule has 0 saturated heterocycles. The maximum absolute atomic E-state index is 8.84. The number of rotatable bonds is 10. The van der Waals surface area contributed by atoms with Gasteiger partial charge < -0.3 is 20.5 Å². The molecule has 0 aromatic heterocycles. The Bertz CT molecular complexity index is 413. The van der Waals surface area contributed by atoms with E-state index < -0.39 is 0 Å². The van der Waals surface area contributed by atoms with Gasteiger partial charge in [0, 0.05) is 19.7 Å². The zero-order valence-electron chi connectivity index (χ0n) is 12.0. The van der Waals surface area contributed by atoms with Gasteiger partial charge in [-0.1, -0.05) is 31.3 Å². The monoisotopic (exact) mass is 296 g/mol. The molecule has 0 fully saturated rings. The molecule has 0 saturated carbocycles. The number of para-hydroxylation sites is 1. The summed E-state index contributed by atoms with van der Waals surface area (Å²) in [4.78, 5) is 2.66. The second kappa shape index (κ2) is 9.69. The largest absolute Gasteiger partial charge is 0.493 e. The summed E-state index contributed by atoms with van der Waals surface area (Å²) in [5.74, 6) is 0.749. The van der Waals surface area contributed by atoms with E-state index in [-0.39, 0.29) is 6.61 Å². The molecule has 112 valence electrons. The third-order valence-electron chi connectivity index (χ3n) is 3.11. The van der Waals surface area contributed by atoms with Gasteiger partial charge in [-0.05, 0) is 31.5 Å². The van der Waals surface area contributed by atoms with Crippen LogP contribution in [0.2, 0.25) is 0 Å². The Morgan fingerprint density at radius 1 is 1.30 bits per heavy atom. The third kappa shape index (κ3) is 5.86. The SMILES string of the molecule is CCN(CCCO)CCCOc1ccccc1C(N)=S. The summed E-state index contributed by atoms with van der Waals surface area (Å²) in [7, 11) is 0. The Labute approximate surface area is 126 Å². The summed E-state index contributed by atoms with van der Waals surface area (Å²) in [6.45, 7) is 5.88. The Hall–Kier alpha value is -1.17. The number of benzene rings is 1. The maximum atomic E-state index is 8.84. The van der Waals surface area contributed by atoms with Crippen LogP contribution >= 0.6 is 12.2 Å². The zero-order chi connectivity index (χ0) is 14.8. The van der Waals surface area contributed by atoms with Crippen molar-refractivity contribution in [2.24, 2.45) is 5.73 Å². The van der Waals surface area contributed by atoms with Gasteiger partial charge >= 0.3 is 0 Å². The molecule has 1 aromatic carbocycles. The van der Waals surface area contributed by atoms with E-state index in [0.717, 1.165) is 43.8 Å². The van der Waals surface area contributed by atoms with Crippen LogP contribution in [0.25, 0.3) is 0 Å². The highest BCUT2D eigenvalue weighted by atomic mass is 32.1. The fraction of sp³-hybridized carbons (Fsp3) is 0.533. The van der Waals surface area contributed by atoms with E-state index in [9.17, 15) is 0 Å². The highest BCUT2D eigenvalue weighted by molar-refractivity contribution is 7.80. The Morgan fingerprint density at radius 2 is 2.00 bits per heavy atom. The molecule has 0 bridgehead atoms. The fourth-order valence-corrected chi connectivity index (χ4v) is 2.16. The van der Waals surface area contributed by atoms with E-state index in [4.69, 9.17) is 27.8 Å². The number of aliphatic hydroxyl groups excluding tert-OH is 1. The van der Waals surface area contributed by atoms with Crippen LogP contribution in [0.3, 0.4) is 0 Å². The molecule has 1 aromatic rings. The first-order valence-corrected chi connectivity index (χ1v) is 7.44. The number of aliphatic hydroxyl groups is 1. The van der Waals surface area contributed by atoms with E-state index >= 15 is 0 Å². The van der Waals surface area contributed by atoms with Gasteiger partial charge in [0.15, 0.2) is 0 Å². The van der Waals surface area contributed by atoms with Crippen molar-refractivity contribution < 1.29 is 9.84 Å². The summed E-state index contributed by atoms with van der Waals surface area (Å²) < 4.78 is 5.75. The second-order valence-corrected chi connectivity index (χ2v) is 5.01. The van der Waals surface area contributed by atoms with Gasteiger partial charge in [-0.3, -0.25) is 0 Å². The molecule has 0 aliphatic carbocycles. The molecule has 5 heteroatoms. The molecule has 0 unspecified atom stereocenters. The van der Waals surface area contributed by atoms with Crippen LogP contribution in [0, 0.1) is 0 Å². The maximum Gasteiger partial charge on any atom is 0.129 e. The number of hydrogen-bond acceptors (Lipinski definition) is 4. The van der Waals surface area contributed by atoms with Crippen molar-refractivity contribution in [3.05, 3.63) is 29.8 Å². The van der Waals surface area contributed by atoms with Gasteiger partial charge in [-0.15, -0.1) is 0 Å². The van der Waals surface area contributed by atoms with Crippen LogP contribution in [-0.4, -0.2) is 47.8 Å². The number of hydrogen-bond donors (Lipinski definition) is 2. The lowest BCUT2D eigenvalue weighted by atomic mass is 10.2. The van der Waals surface area contributed by atoms with E-state index in [0.29, 0.717) is 11.6 Å². The molecule has 0 heterocycles. The molecule has 3 N–H and O–H groups in total. The van der Waals surface area contributed by atoms with Crippen molar-refractivity contribution >= 4 is 17.2 Å². The predicted octanol–water partition coefficient (Wildman–Crippen LogP) is 1.79. The van der Waals surface area contributed by atoms with E-state index in [1.807, 2.05) is 24.3 Å². The van der Waals surface area contributed by atoms with Gasteiger partial charge in [0.25, 0.3) is 0 Å². The smallest absolute Gasteiger partial charge is 0.129 e. The van der Waals surface area contributed by atoms with E-state index in [1.165, 1.54) is 0 Å². The number of ether oxygens (including phenoxy) is 1. The molecule has 20 heavy (non-hydrogen) atoms. The van der Waals surface area contributed by atoms with Gasteiger partial charge in [-0.25, -0.2) is 0 Å². The first kappa shape index (κ1) is 16.9. The molecule has 0 aliphatic rings. The van der Waals surface area contributed by atoms with Crippen LogP contribution in [0.5, 0.6) is 5.75 Å². The second-order valence-electron chi connectivity index (χ2n) is 4.57.